The van der Waals surface area contributed by atoms with Crippen molar-refractivity contribution in [3.8, 4) is 22.5 Å². The number of aromatic amines is 2. The third-order valence-electron chi connectivity index (χ3n) is 7.00. The third-order valence-corrected chi connectivity index (χ3v) is 7.00. The van der Waals surface area contributed by atoms with Crippen LogP contribution in [-0.2, 0) is 6.42 Å². The highest BCUT2D eigenvalue weighted by Crippen LogP contribution is 2.34. The van der Waals surface area contributed by atoms with Gasteiger partial charge in [-0.05, 0) is 54.4 Å². The van der Waals surface area contributed by atoms with Crippen LogP contribution in [0.4, 0.5) is 5.69 Å². The molecule has 0 unspecified atom stereocenters. The van der Waals surface area contributed by atoms with E-state index in [4.69, 9.17) is 0 Å². The van der Waals surface area contributed by atoms with Gasteiger partial charge in [-0.25, -0.2) is 0 Å². The van der Waals surface area contributed by atoms with Crippen LogP contribution in [0.3, 0.4) is 0 Å². The zero-order chi connectivity index (χ0) is 28.2. The minimum Gasteiger partial charge on any atom is -0.358 e. The Labute approximate surface area is 239 Å². The first-order valence-electron chi connectivity index (χ1n) is 13.5. The van der Waals surface area contributed by atoms with Crippen molar-refractivity contribution in [2.24, 2.45) is 0 Å². The molecule has 0 aliphatic carbocycles. The van der Waals surface area contributed by atoms with Crippen LogP contribution in [0, 0.1) is 6.92 Å². The molecule has 0 amide bonds. The lowest BCUT2D eigenvalue weighted by Crippen LogP contribution is -2.02. The van der Waals surface area contributed by atoms with Crippen molar-refractivity contribution in [3.05, 3.63) is 151 Å². The van der Waals surface area contributed by atoms with Crippen molar-refractivity contribution < 1.29 is 0 Å². The first-order valence-corrected chi connectivity index (χ1v) is 13.5. The second-order valence-corrected chi connectivity index (χ2v) is 9.94. The molecule has 3 N–H and O–H groups in total. The summed E-state index contributed by atoms with van der Waals surface area (Å²) in [5, 5.41) is 12.3. The molecule has 0 radical (unpaired) electrons. The lowest BCUT2D eigenvalue weighted by Gasteiger charge is -2.11. The van der Waals surface area contributed by atoms with Crippen LogP contribution in [0.15, 0.2) is 128 Å². The van der Waals surface area contributed by atoms with Gasteiger partial charge < -0.3 is 10.3 Å². The molecule has 0 aliphatic rings. The lowest BCUT2D eigenvalue weighted by molar-refractivity contribution is 1.11. The van der Waals surface area contributed by atoms with Crippen molar-refractivity contribution in [2.75, 3.05) is 5.32 Å². The molecule has 6 aromatic rings. The van der Waals surface area contributed by atoms with E-state index in [0.29, 0.717) is 0 Å². The average molecular weight is 535 g/mol. The largest absolute Gasteiger partial charge is 0.358 e. The number of hydrogen-bond donors (Lipinski definition) is 3. The van der Waals surface area contributed by atoms with E-state index in [-0.39, 0.29) is 0 Å². The predicted molar refractivity (Wildman–Crippen MR) is 168 cm³/mol. The van der Waals surface area contributed by atoms with Crippen molar-refractivity contribution >= 4 is 22.2 Å². The quantitative estimate of drug-likeness (QED) is 0.164. The number of hydrogen-bond acceptors (Lipinski definition) is 4. The summed E-state index contributed by atoms with van der Waals surface area (Å²) in [6.07, 6.45) is 10.0. The minimum atomic E-state index is 0.747. The fourth-order valence-electron chi connectivity index (χ4n) is 5.07. The summed E-state index contributed by atoms with van der Waals surface area (Å²) < 4.78 is 0. The van der Waals surface area contributed by atoms with Crippen molar-refractivity contribution in [2.45, 2.75) is 13.3 Å². The summed E-state index contributed by atoms with van der Waals surface area (Å²) in [5.41, 5.74) is 11.8. The normalized spacial score (nSPS) is 11.5. The van der Waals surface area contributed by atoms with Crippen LogP contribution in [-0.4, -0.2) is 25.1 Å². The van der Waals surface area contributed by atoms with Gasteiger partial charge in [0.25, 0.3) is 0 Å². The second kappa shape index (κ2) is 11.3. The van der Waals surface area contributed by atoms with Crippen LogP contribution >= 0.6 is 0 Å². The van der Waals surface area contributed by atoms with E-state index < -0.39 is 0 Å². The summed E-state index contributed by atoms with van der Waals surface area (Å²) in [6, 6.07) is 26.7. The second-order valence-electron chi connectivity index (χ2n) is 9.94. The SMILES string of the molecule is C=C/C=C(/c1ccccn1)c1cc(-c2n[nH]c3ccc(-c4cncc(NC(=C)Cc5ccccc5)c4)cc23)[nH]c1C. The molecular formula is C35H30N6. The Morgan fingerprint density at radius 1 is 0.951 bits per heavy atom. The maximum absolute atomic E-state index is 4.68. The lowest BCUT2D eigenvalue weighted by atomic mass is 10.0. The first kappa shape index (κ1) is 25.8. The van der Waals surface area contributed by atoms with Crippen molar-refractivity contribution in [1.82, 2.24) is 25.1 Å². The van der Waals surface area contributed by atoms with Gasteiger partial charge in [0.05, 0.1) is 28.8 Å². The highest BCUT2D eigenvalue weighted by atomic mass is 15.1. The van der Waals surface area contributed by atoms with Crippen LogP contribution in [0.2, 0.25) is 0 Å². The van der Waals surface area contributed by atoms with E-state index in [2.05, 4.69) is 93.0 Å². The molecular weight excluding hydrogens is 504 g/mol. The number of H-pyrrole nitrogens is 2. The molecule has 6 rings (SSSR count). The molecule has 0 saturated heterocycles. The molecule has 2 aromatic carbocycles. The number of allylic oxidation sites excluding steroid dienone is 3. The first-order chi connectivity index (χ1) is 20.1. The van der Waals surface area contributed by atoms with Crippen LogP contribution in [0.1, 0.15) is 22.5 Å². The van der Waals surface area contributed by atoms with E-state index in [1.54, 1.807) is 12.3 Å². The van der Waals surface area contributed by atoms with Gasteiger partial charge in [-0.1, -0.05) is 67.8 Å². The average Bonchev–Trinajstić information content (AvgIpc) is 3.59. The number of nitrogens with one attached hydrogen (secondary N) is 3. The highest BCUT2D eigenvalue weighted by Gasteiger charge is 2.17. The van der Waals surface area contributed by atoms with Gasteiger partial charge in [-0.2, -0.15) is 5.10 Å². The number of nitrogens with zero attached hydrogens (tertiary/aromatic N) is 3. The van der Waals surface area contributed by atoms with Crippen molar-refractivity contribution in [1.29, 1.82) is 0 Å². The smallest absolute Gasteiger partial charge is 0.116 e. The molecule has 6 nitrogen and oxygen atoms in total. The Balaban J connectivity index is 1.30. The topological polar surface area (TPSA) is 82.3 Å². The summed E-state index contributed by atoms with van der Waals surface area (Å²) in [4.78, 5) is 12.6. The van der Waals surface area contributed by atoms with Gasteiger partial charge in [0.1, 0.15) is 5.69 Å². The third kappa shape index (κ3) is 5.49. The van der Waals surface area contributed by atoms with E-state index in [9.17, 15) is 0 Å². The maximum atomic E-state index is 4.68. The zero-order valence-electron chi connectivity index (χ0n) is 22.9. The van der Waals surface area contributed by atoms with Gasteiger partial charge in [-0.15, -0.1) is 0 Å². The van der Waals surface area contributed by atoms with Gasteiger partial charge in [-0.3, -0.25) is 15.1 Å². The molecule has 0 spiro atoms. The molecule has 200 valence electrons. The van der Waals surface area contributed by atoms with Gasteiger partial charge in [0.2, 0.25) is 0 Å². The molecule has 0 atom stereocenters. The molecule has 4 aromatic heterocycles. The van der Waals surface area contributed by atoms with Crippen molar-refractivity contribution in [3.63, 3.8) is 0 Å². The summed E-state index contributed by atoms with van der Waals surface area (Å²) in [5.74, 6) is 0. The molecule has 0 saturated carbocycles. The number of benzene rings is 2. The van der Waals surface area contributed by atoms with E-state index in [1.807, 2.05) is 54.9 Å². The fraction of sp³-hybridized carbons (Fsp3) is 0.0571. The Kier molecular flexibility index (Phi) is 7.11. The summed E-state index contributed by atoms with van der Waals surface area (Å²) >= 11 is 0. The maximum Gasteiger partial charge on any atom is 0.116 e. The van der Waals surface area contributed by atoms with Crippen LogP contribution in [0.5, 0.6) is 0 Å². The number of rotatable bonds is 9. The standard InChI is InChI=1S/C35H30N6/c1-4-10-29(32-13-8-9-16-37-32)30-20-34(39-24(30)3)35-31-19-26(14-15-33(31)40-41-35)27-18-28(22-36-21-27)38-23(2)17-25-11-6-5-7-12-25/h4-16,18-22,38-39H,1-2,17H2,3H3,(H,40,41)/b29-10+. The molecule has 0 aliphatic heterocycles. The molecule has 0 fully saturated rings. The Morgan fingerprint density at radius 3 is 2.61 bits per heavy atom. The summed E-state index contributed by atoms with van der Waals surface area (Å²) in [6.45, 7) is 10.2. The summed E-state index contributed by atoms with van der Waals surface area (Å²) in [7, 11) is 0. The zero-order valence-corrected chi connectivity index (χ0v) is 22.9. The van der Waals surface area contributed by atoms with Crippen LogP contribution < -0.4 is 5.32 Å². The fourth-order valence-corrected chi connectivity index (χ4v) is 5.07. The minimum absolute atomic E-state index is 0.747. The molecule has 4 heterocycles. The Bertz CT molecular complexity index is 1880. The number of anilines is 1. The van der Waals surface area contributed by atoms with Gasteiger partial charge in [0.15, 0.2) is 0 Å². The number of pyridine rings is 2. The number of aromatic nitrogens is 5. The van der Waals surface area contributed by atoms with E-state index >= 15 is 0 Å². The highest BCUT2D eigenvalue weighted by molar-refractivity contribution is 5.96. The monoisotopic (exact) mass is 534 g/mol. The van der Waals surface area contributed by atoms with Gasteiger partial charge in [0, 0.05) is 52.3 Å². The molecule has 41 heavy (non-hydrogen) atoms. The van der Waals surface area contributed by atoms with E-state index in [1.165, 1.54) is 5.56 Å². The van der Waals surface area contributed by atoms with E-state index in [0.717, 1.165) is 73.7 Å². The molecule has 6 heteroatoms. The van der Waals surface area contributed by atoms with Gasteiger partial charge >= 0.3 is 0 Å². The Morgan fingerprint density at radius 2 is 1.80 bits per heavy atom. The number of fused-ring (bicyclic) bond motifs is 1. The number of aryl methyl sites for hydroxylation is 1. The predicted octanol–water partition coefficient (Wildman–Crippen LogP) is 8.11. The van der Waals surface area contributed by atoms with Crippen LogP contribution in [0.25, 0.3) is 39.0 Å². The Hall–Kier alpha value is -5.49. The molecule has 0 bridgehead atoms.